The van der Waals surface area contributed by atoms with Crippen LogP contribution in [0.4, 0.5) is 0 Å². The Morgan fingerprint density at radius 2 is 1.75 bits per heavy atom. The van der Waals surface area contributed by atoms with Gasteiger partial charge >= 0.3 is 0 Å². The van der Waals surface area contributed by atoms with Crippen molar-refractivity contribution >= 4 is 0 Å². The van der Waals surface area contributed by atoms with Crippen molar-refractivity contribution in [3.05, 3.63) is 6.42 Å². The molecule has 0 fully saturated rings. The lowest BCUT2D eigenvalue weighted by molar-refractivity contribution is 0.347. The molecule has 0 saturated carbocycles. The van der Waals surface area contributed by atoms with Crippen LogP contribution in [-0.2, 0) is 0 Å². The number of unbranched alkanes of at least 4 members (excludes halogenated alkanes) is 1. The largest absolute Gasteiger partial charge is 0.0654 e. The molecule has 2 unspecified atom stereocenters. The minimum absolute atomic E-state index is 0.863. The van der Waals surface area contributed by atoms with Crippen molar-refractivity contribution in [3.63, 3.8) is 0 Å². The second-order valence-corrected chi connectivity index (χ2v) is 3.91. The Morgan fingerprint density at radius 3 is 2.17 bits per heavy atom. The Bertz CT molecular complexity index is 86.0. The van der Waals surface area contributed by atoms with Crippen LogP contribution in [0.5, 0.6) is 0 Å². The Balaban J connectivity index is 3.60. The lowest BCUT2D eigenvalue weighted by Gasteiger charge is -2.21. The fourth-order valence-corrected chi connectivity index (χ4v) is 1.85. The fourth-order valence-electron chi connectivity index (χ4n) is 1.85. The maximum atomic E-state index is 2.40. The Morgan fingerprint density at radius 1 is 1.08 bits per heavy atom. The first-order valence-corrected chi connectivity index (χ1v) is 5.55. The van der Waals surface area contributed by atoms with Gasteiger partial charge in [0.05, 0.1) is 0 Å². The van der Waals surface area contributed by atoms with Gasteiger partial charge in [-0.25, -0.2) is 0 Å². The molecule has 73 valence electrons. The van der Waals surface area contributed by atoms with Crippen LogP contribution in [0.1, 0.15) is 59.8 Å². The van der Waals surface area contributed by atoms with Gasteiger partial charge in [0.2, 0.25) is 0 Å². The monoisotopic (exact) mass is 169 g/mol. The summed E-state index contributed by atoms with van der Waals surface area (Å²) in [7, 11) is 0. The van der Waals surface area contributed by atoms with Gasteiger partial charge in [0, 0.05) is 0 Å². The molecule has 0 rings (SSSR count). The summed E-state index contributed by atoms with van der Waals surface area (Å²) >= 11 is 0. The predicted octanol–water partition coefficient (Wildman–Crippen LogP) is 4.45. The average molecular weight is 169 g/mol. The number of rotatable bonds is 7. The highest BCUT2D eigenvalue weighted by Gasteiger charge is 2.13. The van der Waals surface area contributed by atoms with E-state index in [1.807, 2.05) is 0 Å². The van der Waals surface area contributed by atoms with E-state index >= 15 is 0 Å². The minimum Gasteiger partial charge on any atom is -0.0654 e. The predicted molar refractivity (Wildman–Crippen MR) is 57.1 cm³/mol. The molecule has 0 bridgehead atoms. The van der Waals surface area contributed by atoms with E-state index in [2.05, 4.69) is 34.1 Å². The zero-order chi connectivity index (χ0) is 9.40. The molecule has 0 aromatic heterocycles. The van der Waals surface area contributed by atoms with Crippen molar-refractivity contribution in [1.29, 1.82) is 0 Å². The molecule has 0 spiro atoms. The topological polar surface area (TPSA) is 0 Å². The van der Waals surface area contributed by atoms with Crippen LogP contribution in [0, 0.1) is 18.3 Å². The molecule has 0 nitrogen and oxygen atoms in total. The molecular weight excluding hydrogens is 144 g/mol. The summed E-state index contributed by atoms with van der Waals surface area (Å²) in [6, 6.07) is 0. The van der Waals surface area contributed by atoms with E-state index in [9.17, 15) is 0 Å². The van der Waals surface area contributed by atoms with Gasteiger partial charge in [-0.05, 0) is 18.3 Å². The molecule has 0 N–H and O–H groups in total. The normalized spacial score (nSPS) is 16.0. The second-order valence-electron chi connectivity index (χ2n) is 3.91. The van der Waals surface area contributed by atoms with Gasteiger partial charge in [0.15, 0.2) is 0 Å². The lowest BCUT2D eigenvalue weighted by Crippen LogP contribution is -2.11. The van der Waals surface area contributed by atoms with E-state index in [1.165, 1.54) is 32.1 Å². The third-order valence-electron chi connectivity index (χ3n) is 2.79. The Kier molecular flexibility index (Phi) is 7.64. The first kappa shape index (κ1) is 12.0. The first-order valence-electron chi connectivity index (χ1n) is 5.55. The van der Waals surface area contributed by atoms with Gasteiger partial charge in [0.1, 0.15) is 0 Å². The molecule has 2 atom stereocenters. The van der Waals surface area contributed by atoms with Gasteiger partial charge in [-0.1, -0.05) is 59.8 Å². The molecule has 1 radical (unpaired) electrons. The van der Waals surface area contributed by atoms with Crippen LogP contribution in [-0.4, -0.2) is 0 Å². The molecule has 0 aliphatic rings. The summed E-state index contributed by atoms with van der Waals surface area (Å²) in [6.45, 7) is 9.17. The summed E-state index contributed by atoms with van der Waals surface area (Å²) in [5.74, 6) is 1.76. The van der Waals surface area contributed by atoms with E-state index in [0.717, 1.165) is 11.8 Å². The van der Waals surface area contributed by atoms with Crippen LogP contribution in [0.25, 0.3) is 0 Å². The molecule has 0 aliphatic heterocycles. The third kappa shape index (κ3) is 4.79. The van der Waals surface area contributed by atoms with Gasteiger partial charge < -0.3 is 0 Å². The smallest absolute Gasteiger partial charge is 0.0360 e. The summed E-state index contributed by atoms with van der Waals surface area (Å²) in [5, 5.41) is 0. The molecule has 0 saturated heterocycles. The fraction of sp³-hybridized carbons (Fsp3) is 0.917. The van der Waals surface area contributed by atoms with Crippen LogP contribution < -0.4 is 0 Å². The third-order valence-corrected chi connectivity index (χ3v) is 2.79. The molecule has 0 heteroatoms. The Hall–Kier alpha value is 0. The highest BCUT2D eigenvalue weighted by Crippen LogP contribution is 2.24. The quantitative estimate of drug-likeness (QED) is 0.528. The standard InChI is InChI=1S/C12H25/c1-5-8-10-11(4)12(7-3)9-6-2/h7,11-12H,5-6,8-10H2,1-4H3. The first-order chi connectivity index (χ1) is 5.76. The van der Waals surface area contributed by atoms with E-state index in [-0.39, 0.29) is 0 Å². The van der Waals surface area contributed by atoms with Crippen LogP contribution in [0.3, 0.4) is 0 Å². The van der Waals surface area contributed by atoms with E-state index in [0.29, 0.717) is 0 Å². The van der Waals surface area contributed by atoms with Crippen molar-refractivity contribution in [2.75, 3.05) is 0 Å². The summed E-state index contributed by atoms with van der Waals surface area (Å²) in [4.78, 5) is 0. The summed E-state index contributed by atoms with van der Waals surface area (Å²) in [5.41, 5.74) is 0. The molecule has 0 aromatic carbocycles. The van der Waals surface area contributed by atoms with E-state index < -0.39 is 0 Å². The van der Waals surface area contributed by atoms with Gasteiger partial charge in [-0.15, -0.1) is 0 Å². The molecule has 0 amide bonds. The molecule has 0 aromatic rings. The van der Waals surface area contributed by atoms with Crippen LogP contribution >= 0.6 is 0 Å². The molecule has 0 aliphatic carbocycles. The average Bonchev–Trinajstić information content (AvgIpc) is 2.10. The molecular formula is C12H25. The Labute approximate surface area is 78.8 Å². The highest BCUT2D eigenvalue weighted by atomic mass is 14.2. The number of hydrogen-bond acceptors (Lipinski definition) is 0. The molecule has 0 heterocycles. The molecule has 12 heavy (non-hydrogen) atoms. The van der Waals surface area contributed by atoms with E-state index in [4.69, 9.17) is 0 Å². The van der Waals surface area contributed by atoms with Crippen molar-refractivity contribution < 1.29 is 0 Å². The summed E-state index contributed by atoms with van der Waals surface area (Å²) < 4.78 is 0. The van der Waals surface area contributed by atoms with E-state index in [1.54, 1.807) is 0 Å². The maximum absolute atomic E-state index is 2.40. The van der Waals surface area contributed by atoms with Gasteiger partial charge in [0.25, 0.3) is 0 Å². The zero-order valence-electron chi connectivity index (χ0n) is 9.27. The summed E-state index contributed by atoms with van der Waals surface area (Å²) in [6.07, 6.45) is 9.24. The van der Waals surface area contributed by atoms with Crippen molar-refractivity contribution in [2.45, 2.75) is 59.8 Å². The van der Waals surface area contributed by atoms with Gasteiger partial charge in [-0.3, -0.25) is 0 Å². The zero-order valence-corrected chi connectivity index (χ0v) is 9.27. The SMILES string of the molecule is C[CH]C(CCC)C(C)CCCC. The number of hydrogen-bond donors (Lipinski definition) is 0. The van der Waals surface area contributed by atoms with Crippen LogP contribution in [0.15, 0.2) is 0 Å². The van der Waals surface area contributed by atoms with Crippen molar-refractivity contribution in [1.82, 2.24) is 0 Å². The second kappa shape index (κ2) is 7.64. The van der Waals surface area contributed by atoms with Crippen molar-refractivity contribution in [2.24, 2.45) is 11.8 Å². The highest BCUT2D eigenvalue weighted by molar-refractivity contribution is 4.76. The van der Waals surface area contributed by atoms with Crippen LogP contribution in [0.2, 0.25) is 0 Å². The minimum atomic E-state index is 0.863. The van der Waals surface area contributed by atoms with Gasteiger partial charge in [-0.2, -0.15) is 0 Å². The van der Waals surface area contributed by atoms with Crippen molar-refractivity contribution in [3.8, 4) is 0 Å². The lowest BCUT2D eigenvalue weighted by atomic mass is 9.84. The maximum Gasteiger partial charge on any atom is -0.0360 e.